The summed E-state index contributed by atoms with van der Waals surface area (Å²) in [6.07, 6.45) is 0.143. The van der Waals surface area contributed by atoms with Gasteiger partial charge in [0, 0.05) is 10.9 Å². The van der Waals surface area contributed by atoms with E-state index in [4.69, 9.17) is 4.74 Å². The zero-order valence-electron chi connectivity index (χ0n) is 13.0. The highest BCUT2D eigenvalue weighted by Gasteiger charge is 2.11. The fourth-order valence-corrected chi connectivity index (χ4v) is 3.07. The first-order chi connectivity index (χ1) is 11.7. The molecule has 0 aliphatic carbocycles. The third-order valence-corrected chi connectivity index (χ3v) is 4.29. The zero-order valence-corrected chi connectivity index (χ0v) is 13.8. The molecule has 1 heterocycles. The molecule has 0 aliphatic rings. The lowest BCUT2D eigenvalue weighted by molar-refractivity contribution is -0.115. The minimum absolute atomic E-state index is 0.143. The fourth-order valence-electron chi connectivity index (χ4n) is 2.25. The first-order valence-corrected chi connectivity index (χ1v) is 8.17. The van der Waals surface area contributed by atoms with Gasteiger partial charge in [-0.05, 0) is 24.3 Å². The van der Waals surface area contributed by atoms with Crippen LogP contribution < -0.4 is 10.1 Å². The molecule has 3 rings (SSSR count). The lowest BCUT2D eigenvalue weighted by Crippen LogP contribution is -2.15. The van der Waals surface area contributed by atoms with Crippen LogP contribution in [0.2, 0.25) is 0 Å². The van der Waals surface area contributed by atoms with E-state index < -0.39 is 0 Å². The molecule has 3 aromatic rings. The second-order valence-electron chi connectivity index (χ2n) is 5.08. The maximum absolute atomic E-state index is 13.3. The predicted octanol–water partition coefficient (Wildman–Crippen LogP) is 4.14. The van der Waals surface area contributed by atoms with Crippen LogP contribution in [-0.4, -0.2) is 18.0 Å². The van der Waals surface area contributed by atoms with Crippen molar-refractivity contribution < 1.29 is 13.9 Å². The van der Waals surface area contributed by atoms with Gasteiger partial charge in [0.2, 0.25) is 5.91 Å². The van der Waals surface area contributed by atoms with E-state index >= 15 is 0 Å². The normalized spacial score (nSPS) is 10.4. The number of aromatic nitrogens is 1. The highest BCUT2D eigenvalue weighted by atomic mass is 32.1. The number of thiazole rings is 1. The largest absolute Gasteiger partial charge is 0.495 e. The summed E-state index contributed by atoms with van der Waals surface area (Å²) in [6.45, 7) is 0. The lowest BCUT2D eigenvalue weighted by atomic mass is 10.2. The number of amides is 1. The van der Waals surface area contributed by atoms with Crippen LogP contribution in [0.4, 0.5) is 10.1 Å². The molecule has 0 aliphatic heterocycles. The Morgan fingerprint density at radius 3 is 2.88 bits per heavy atom. The number of nitrogens with one attached hydrogen (secondary N) is 1. The molecule has 24 heavy (non-hydrogen) atoms. The van der Waals surface area contributed by atoms with Crippen molar-refractivity contribution in [2.24, 2.45) is 0 Å². The van der Waals surface area contributed by atoms with Gasteiger partial charge in [0.05, 0.1) is 24.9 Å². The van der Waals surface area contributed by atoms with E-state index in [0.717, 1.165) is 0 Å². The highest BCUT2D eigenvalue weighted by molar-refractivity contribution is 7.13. The maximum Gasteiger partial charge on any atom is 0.230 e. The summed E-state index contributed by atoms with van der Waals surface area (Å²) in [6, 6.07) is 13.5. The molecule has 0 saturated heterocycles. The first kappa shape index (κ1) is 16.1. The van der Waals surface area contributed by atoms with Gasteiger partial charge in [-0.25, -0.2) is 9.37 Å². The van der Waals surface area contributed by atoms with Crippen LogP contribution in [-0.2, 0) is 11.2 Å². The van der Waals surface area contributed by atoms with Gasteiger partial charge < -0.3 is 10.1 Å². The Hall–Kier alpha value is -2.73. The average Bonchev–Trinajstić information content (AvgIpc) is 3.03. The number of carbonyl (C=O) groups is 1. The van der Waals surface area contributed by atoms with E-state index in [9.17, 15) is 9.18 Å². The number of hydrogen-bond donors (Lipinski definition) is 1. The van der Waals surface area contributed by atoms with Gasteiger partial charge in [-0.2, -0.15) is 0 Å². The van der Waals surface area contributed by atoms with Gasteiger partial charge in [-0.3, -0.25) is 4.79 Å². The molecule has 1 amide bonds. The number of nitrogens with zero attached hydrogens (tertiary/aromatic N) is 1. The van der Waals surface area contributed by atoms with E-state index in [1.165, 1.54) is 23.5 Å². The summed E-state index contributed by atoms with van der Waals surface area (Å²) in [5.41, 5.74) is 1.97. The van der Waals surface area contributed by atoms with E-state index in [2.05, 4.69) is 10.3 Å². The minimum Gasteiger partial charge on any atom is -0.495 e. The average molecular weight is 342 g/mol. The molecule has 6 heteroatoms. The van der Waals surface area contributed by atoms with Gasteiger partial charge in [0.25, 0.3) is 0 Å². The van der Waals surface area contributed by atoms with Crippen LogP contribution >= 0.6 is 11.3 Å². The molecule has 0 unspecified atom stereocenters. The van der Waals surface area contributed by atoms with Crippen molar-refractivity contribution in [3.8, 4) is 16.3 Å². The third kappa shape index (κ3) is 3.78. The van der Waals surface area contributed by atoms with Crippen molar-refractivity contribution in [3.05, 3.63) is 65.4 Å². The Labute approximate surface area is 142 Å². The molecule has 0 atom stereocenters. The van der Waals surface area contributed by atoms with Crippen LogP contribution in [0.1, 0.15) is 5.69 Å². The van der Waals surface area contributed by atoms with Gasteiger partial charge in [-0.1, -0.05) is 24.3 Å². The topological polar surface area (TPSA) is 51.2 Å². The number of carbonyl (C=O) groups excluding carboxylic acids is 1. The van der Waals surface area contributed by atoms with Crippen molar-refractivity contribution in [2.45, 2.75) is 6.42 Å². The monoisotopic (exact) mass is 342 g/mol. The zero-order chi connectivity index (χ0) is 16.9. The fraction of sp³-hybridized carbons (Fsp3) is 0.111. The van der Waals surface area contributed by atoms with Crippen LogP contribution in [0.25, 0.3) is 10.6 Å². The number of halogens is 1. The Bertz CT molecular complexity index is 863. The molecule has 1 aromatic heterocycles. The predicted molar refractivity (Wildman–Crippen MR) is 92.8 cm³/mol. The SMILES string of the molecule is COc1ccccc1NC(=O)Cc1csc(-c2cccc(F)c2)n1. The molecule has 4 nitrogen and oxygen atoms in total. The molecule has 0 bridgehead atoms. The van der Waals surface area contributed by atoms with Crippen molar-refractivity contribution in [2.75, 3.05) is 12.4 Å². The lowest BCUT2D eigenvalue weighted by Gasteiger charge is -2.08. The van der Waals surface area contributed by atoms with Crippen LogP contribution in [0.5, 0.6) is 5.75 Å². The number of rotatable bonds is 5. The summed E-state index contributed by atoms with van der Waals surface area (Å²) < 4.78 is 18.5. The van der Waals surface area contributed by atoms with Gasteiger partial charge in [0.1, 0.15) is 16.6 Å². The van der Waals surface area contributed by atoms with Crippen LogP contribution in [0.3, 0.4) is 0 Å². The van der Waals surface area contributed by atoms with E-state index in [1.807, 2.05) is 17.5 Å². The summed E-state index contributed by atoms with van der Waals surface area (Å²) in [4.78, 5) is 16.6. The van der Waals surface area contributed by atoms with Crippen LogP contribution in [0, 0.1) is 5.82 Å². The second-order valence-corrected chi connectivity index (χ2v) is 5.94. The quantitative estimate of drug-likeness (QED) is 0.758. The molecular formula is C18H15FN2O2S. The Morgan fingerprint density at radius 1 is 1.25 bits per heavy atom. The smallest absolute Gasteiger partial charge is 0.230 e. The summed E-state index contributed by atoms with van der Waals surface area (Å²) in [5.74, 6) is 0.110. The van der Waals surface area contributed by atoms with Crippen molar-refractivity contribution in [1.82, 2.24) is 4.98 Å². The molecule has 0 saturated carbocycles. The second kappa shape index (κ2) is 7.23. The number of para-hydroxylation sites is 2. The van der Waals surface area contributed by atoms with Gasteiger partial charge in [0.15, 0.2) is 0 Å². The Morgan fingerprint density at radius 2 is 2.08 bits per heavy atom. The van der Waals surface area contributed by atoms with E-state index in [-0.39, 0.29) is 18.1 Å². The highest BCUT2D eigenvalue weighted by Crippen LogP contribution is 2.26. The van der Waals surface area contributed by atoms with Crippen molar-refractivity contribution in [1.29, 1.82) is 0 Å². The standard InChI is InChI=1S/C18H15FN2O2S/c1-23-16-8-3-2-7-15(16)21-17(22)10-14-11-24-18(20-14)12-5-4-6-13(19)9-12/h2-9,11H,10H2,1H3,(H,21,22). The molecular weight excluding hydrogens is 327 g/mol. The number of methoxy groups -OCH3 is 1. The van der Waals surface area contributed by atoms with Gasteiger partial charge in [-0.15, -0.1) is 11.3 Å². The first-order valence-electron chi connectivity index (χ1n) is 7.29. The molecule has 0 spiro atoms. The third-order valence-electron chi connectivity index (χ3n) is 3.35. The molecule has 122 valence electrons. The number of hydrogen-bond acceptors (Lipinski definition) is 4. The minimum atomic E-state index is -0.307. The number of anilines is 1. The van der Waals surface area contributed by atoms with Gasteiger partial charge >= 0.3 is 0 Å². The molecule has 1 N–H and O–H groups in total. The number of benzene rings is 2. The Kier molecular flexibility index (Phi) is 4.86. The maximum atomic E-state index is 13.3. The molecule has 0 fully saturated rings. The summed E-state index contributed by atoms with van der Waals surface area (Å²) >= 11 is 1.38. The summed E-state index contributed by atoms with van der Waals surface area (Å²) in [5, 5.41) is 5.31. The summed E-state index contributed by atoms with van der Waals surface area (Å²) in [7, 11) is 1.55. The molecule has 2 aromatic carbocycles. The van der Waals surface area contributed by atoms with E-state index in [1.54, 1.807) is 31.4 Å². The van der Waals surface area contributed by atoms with Crippen molar-refractivity contribution in [3.63, 3.8) is 0 Å². The Balaban J connectivity index is 1.69. The van der Waals surface area contributed by atoms with E-state index in [0.29, 0.717) is 27.7 Å². The van der Waals surface area contributed by atoms with Crippen LogP contribution in [0.15, 0.2) is 53.9 Å². The number of ether oxygens (including phenoxy) is 1. The van der Waals surface area contributed by atoms with Crippen molar-refractivity contribution >= 4 is 22.9 Å². The molecule has 0 radical (unpaired) electrons.